The third kappa shape index (κ3) is 12.0. The molecule has 1 saturated heterocycles. The van der Waals surface area contributed by atoms with Gasteiger partial charge in [-0.15, -0.1) is 10.2 Å². The van der Waals surface area contributed by atoms with Crippen LogP contribution in [0.5, 0.6) is 0 Å². The van der Waals surface area contributed by atoms with Gasteiger partial charge >= 0.3 is 6.09 Å². The molecule has 5 rings (SSSR count). The fourth-order valence-corrected chi connectivity index (χ4v) is 7.75. The van der Waals surface area contributed by atoms with Gasteiger partial charge < -0.3 is 31.1 Å². The molecule has 308 valence electrons. The highest BCUT2D eigenvalue weighted by molar-refractivity contribution is 6.37. The van der Waals surface area contributed by atoms with E-state index in [9.17, 15) is 33.9 Å². The molecule has 1 saturated carbocycles. The summed E-state index contributed by atoms with van der Waals surface area (Å²) in [7, 11) is 0. The van der Waals surface area contributed by atoms with E-state index in [1.807, 2.05) is 30.3 Å². The Labute approximate surface area is 331 Å². The molecule has 57 heavy (non-hydrogen) atoms. The van der Waals surface area contributed by atoms with Gasteiger partial charge in [-0.2, -0.15) is 0 Å². The number of likely N-dealkylation sites (tertiary alicyclic amines) is 1. The van der Waals surface area contributed by atoms with Gasteiger partial charge in [-0.1, -0.05) is 72.9 Å². The van der Waals surface area contributed by atoms with Crippen LogP contribution in [0.4, 0.5) is 4.79 Å². The molecule has 2 aliphatic rings. The predicted molar refractivity (Wildman–Crippen MR) is 204 cm³/mol. The molecule has 18 nitrogen and oxygen atoms in total. The Kier molecular flexibility index (Phi) is 15.0. The summed E-state index contributed by atoms with van der Waals surface area (Å²) in [6, 6.07) is 6.26. The molecular weight excluding hydrogens is 736 g/mol. The maximum atomic E-state index is 14.7. The Bertz CT molecular complexity index is 1820. The number of aromatic amines is 1. The van der Waals surface area contributed by atoms with Crippen LogP contribution in [0.25, 0.3) is 0 Å². The third-order valence-corrected chi connectivity index (χ3v) is 10.8. The quantitative estimate of drug-likeness (QED) is 0.0629. The minimum atomic E-state index is -1.34. The Morgan fingerprint density at radius 1 is 1.05 bits per heavy atom. The van der Waals surface area contributed by atoms with Crippen LogP contribution in [0.1, 0.15) is 119 Å². The van der Waals surface area contributed by atoms with Crippen molar-refractivity contribution in [2.45, 2.75) is 121 Å². The molecule has 18 heteroatoms. The lowest BCUT2D eigenvalue weighted by molar-refractivity contribution is -0.143. The molecule has 1 unspecified atom stereocenters. The first kappa shape index (κ1) is 42.6. The molecule has 3 aromatic rings. The number of benzene rings is 1. The Morgan fingerprint density at radius 3 is 2.49 bits per heavy atom. The molecule has 1 aliphatic heterocycles. The van der Waals surface area contributed by atoms with E-state index in [1.54, 1.807) is 13.8 Å². The fraction of sp³-hybridized carbons (Fsp3) is 0.590. The second kappa shape index (κ2) is 20.1. The summed E-state index contributed by atoms with van der Waals surface area (Å²) in [4.78, 5) is 80.7. The number of ether oxygens (including phenoxy) is 1. The van der Waals surface area contributed by atoms with Gasteiger partial charge in [0.1, 0.15) is 23.9 Å². The van der Waals surface area contributed by atoms with Gasteiger partial charge in [-0.05, 0) is 57.4 Å². The summed E-state index contributed by atoms with van der Waals surface area (Å²) in [6.07, 6.45) is 9.03. The summed E-state index contributed by atoms with van der Waals surface area (Å²) < 4.78 is 6.74. The molecule has 1 aliphatic carbocycles. The maximum Gasteiger partial charge on any atom is 0.407 e. The average Bonchev–Trinajstić information content (AvgIpc) is 4.00. The number of nitrogens with zero attached hydrogens (tertiary/aromatic N) is 6. The van der Waals surface area contributed by atoms with Crippen LogP contribution in [0.2, 0.25) is 0 Å². The summed E-state index contributed by atoms with van der Waals surface area (Å²) >= 11 is 0. The number of rotatable bonds is 20. The van der Waals surface area contributed by atoms with Gasteiger partial charge in [0, 0.05) is 31.8 Å². The van der Waals surface area contributed by atoms with Crippen molar-refractivity contribution in [3.63, 3.8) is 0 Å². The Hall–Kier alpha value is -5.52. The summed E-state index contributed by atoms with van der Waals surface area (Å²) in [5, 5.41) is 34.4. The zero-order valence-corrected chi connectivity index (χ0v) is 32.6. The molecule has 4 amide bonds. The van der Waals surface area contributed by atoms with Crippen molar-refractivity contribution in [2.75, 3.05) is 13.1 Å². The fourth-order valence-electron chi connectivity index (χ4n) is 7.75. The highest BCUT2D eigenvalue weighted by atomic mass is 16.5. The molecule has 4 atom stereocenters. The standard InChI is InChI=1S/C39H54N10O8/c1-39(2,56)33-22-43-47-49(33)28-20-31(48(23-28)37(54)27(19-25-11-5-3-6-12-25)16-17-32(50)30-21-42-46-45-30)36(53)44-29(34(51)35(40)52)15-9-10-18-41-38(55)57-24-26-13-7-4-8-14-26/h4,7-8,13-14,21-22,25,27-29,31,56H,3,5-6,9-12,15-20,23-24H2,1-2H3,(H2,40,52)(H,41,55)(H,44,53)(H,42,45,46)/t27-,28+,29?,31+/m1/s1. The van der Waals surface area contributed by atoms with Gasteiger partial charge in [0.05, 0.1) is 30.2 Å². The minimum absolute atomic E-state index is 0.0404. The number of primary amides is 1. The number of carbonyl (C=O) groups is 6. The SMILES string of the molecule is CC(C)(O)c1cnnn1[C@H]1C[C@@H](C(=O)NC(CCCCNC(=O)OCc2ccccc2)C(=O)C(N)=O)N(C(=O)[C@H](CCC(=O)c2c[nH]nn2)CC2CCCCC2)C1. The highest BCUT2D eigenvalue weighted by Crippen LogP contribution is 2.36. The zero-order valence-electron chi connectivity index (χ0n) is 32.6. The van der Waals surface area contributed by atoms with Crippen molar-refractivity contribution < 1.29 is 38.6 Å². The first-order chi connectivity index (χ1) is 27.3. The van der Waals surface area contributed by atoms with Crippen LogP contribution in [0.15, 0.2) is 42.7 Å². The van der Waals surface area contributed by atoms with Crippen LogP contribution in [-0.4, -0.2) is 101 Å². The Morgan fingerprint density at radius 2 is 1.81 bits per heavy atom. The first-order valence-electron chi connectivity index (χ1n) is 19.7. The van der Waals surface area contributed by atoms with Crippen molar-refractivity contribution in [1.29, 1.82) is 0 Å². The van der Waals surface area contributed by atoms with E-state index in [2.05, 4.69) is 36.4 Å². The normalized spacial score (nSPS) is 18.4. The molecule has 6 N–H and O–H groups in total. The van der Waals surface area contributed by atoms with E-state index in [0.29, 0.717) is 25.0 Å². The number of carbonyl (C=O) groups excluding carboxylic acids is 6. The van der Waals surface area contributed by atoms with Crippen LogP contribution in [0.3, 0.4) is 0 Å². The number of aromatic nitrogens is 6. The number of hydrogen-bond donors (Lipinski definition) is 5. The van der Waals surface area contributed by atoms with Crippen molar-refractivity contribution in [1.82, 2.24) is 45.9 Å². The molecule has 0 spiro atoms. The van der Waals surface area contributed by atoms with Crippen LogP contribution in [-0.2, 0) is 36.1 Å². The molecular formula is C39H54N10O8. The predicted octanol–water partition coefficient (Wildman–Crippen LogP) is 2.65. The number of hydrogen-bond acceptors (Lipinski definition) is 12. The van der Waals surface area contributed by atoms with Crippen molar-refractivity contribution in [3.8, 4) is 0 Å². The van der Waals surface area contributed by atoms with Gasteiger partial charge in [0.15, 0.2) is 5.78 Å². The van der Waals surface area contributed by atoms with E-state index >= 15 is 0 Å². The van der Waals surface area contributed by atoms with Gasteiger partial charge in [-0.25, -0.2) is 9.48 Å². The number of unbranched alkanes of at least 4 members (excludes halogenated alkanes) is 1. The lowest BCUT2D eigenvalue weighted by atomic mass is 9.80. The first-order valence-corrected chi connectivity index (χ1v) is 19.7. The van der Waals surface area contributed by atoms with Gasteiger partial charge in [0.2, 0.25) is 17.6 Å². The number of H-pyrrole nitrogens is 1. The molecule has 2 aromatic heterocycles. The van der Waals surface area contributed by atoms with E-state index in [1.165, 1.54) is 22.0 Å². The minimum Gasteiger partial charge on any atom is -0.445 e. The number of nitrogens with two attached hydrogens (primary N) is 1. The highest BCUT2D eigenvalue weighted by Gasteiger charge is 2.45. The maximum absolute atomic E-state index is 14.7. The van der Waals surface area contributed by atoms with E-state index in [4.69, 9.17) is 10.5 Å². The second-order valence-corrected chi connectivity index (χ2v) is 15.5. The van der Waals surface area contributed by atoms with Crippen molar-refractivity contribution in [3.05, 3.63) is 59.7 Å². The molecule has 3 heterocycles. The number of nitrogens with one attached hydrogen (secondary N) is 3. The molecule has 1 aromatic carbocycles. The molecule has 0 radical (unpaired) electrons. The van der Waals surface area contributed by atoms with Crippen molar-refractivity contribution >= 4 is 35.4 Å². The lowest BCUT2D eigenvalue weighted by Gasteiger charge is -2.32. The average molecular weight is 791 g/mol. The third-order valence-electron chi connectivity index (χ3n) is 10.8. The zero-order chi connectivity index (χ0) is 41.0. The number of Topliss-reactive ketones (excluding diaryl/α,β-unsaturated/α-hetero) is 2. The Balaban J connectivity index is 1.30. The van der Waals surface area contributed by atoms with Crippen LogP contribution in [0, 0.1) is 11.8 Å². The van der Waals surface area contributed by atoms with E-state index in [0.717, 1.165) is 37.7 Å². The second-order valence-electron chi connectivity index (χ2n) is 15.5. The number of ketones is 2. The topological polar surface area (TPSA) is 257 Å². The monoisotopic (exact) mass is 790 g/mol. The largest absolute Gasteiger partial charge is 0.445 e. The summed E-state index contributed by atoms with van der Waals surface area (Å²) in [6.45, 7) is 3.53. The van der Waals surface area contributed by atoms with E-state index < -0.39 is 53.3 Å². The van der Waals surface area contributed by atoms with Gasteiger partial charge in [0.25, 0.3) is 5.91 Å². The van der Waals surface area contributed by atoms with Crippen LogP contribution >= 0.6 is 0 Å². The molecule has 2 fully saturated rings. The number of amides is 4. The smallest absolute Gasteiger partial charge is 0.407 e. The van der Waals surface area contributed by atoms with Crippen molar-refractivity contribution in [2.24, 2.45) is 17.6 Å². The summed E-state index contributed by atoms with van der Waals surface area (Å²) in [5.41, 5.74) is 5.46. The number of alkyl carbamates (subject to hydrolysis) is 1. The van der Waals surface area contributed by atoms with Crippen LogP contribution < -0.4 is 16.4 Å². The van der Waals surface area contributed by atoms with E-state index in [-0.39, 0.29) is 68.7 Å². The van der Waals surface area contributed by atoms with Gasteiger partial charge in [-0.3, -0.25) is 29.1 Å². The lowest BCUT2D eigenvalue weighted by Crippen LogP contribution is -2.53. The molecule has 0 bridgehead atoms. The number of aliphatic hydroxyl groups is 1. The summed E-state index contributed by atoms with van der Waals surface area (Å²) in [5.74, 6) is -3.77.